The van der Waals surface area contributed by atoms with Gasteiger partial charge in [-0.1, -0.05) is 0 Å². The summed E-state index contributed by atoms with van der Waals surface area (Å²) in [4.78, 5) is 11.5. The molecule has 5 heteroatoms. The zero-order valence-corrected chi connectivity index (χ0v) is 11.3. The monoisotopic (exact) mass is 258 g/mol. The predicted octanol–water partition coefficient (Wildman–Crippen LogP) is 1.41. The van der Waals surface area contributed by atoms with Gasteiger partial charge in [0.1, 0.15) is 0 Å². The first-order chi connectivity index (χ1) is 8.72. The first-order valence-corrected chi connectivity index (χ1v) is 6.99. The number of rotatable bonds is 7. The number of hydrogen-bond acceptors (Lipinski definition) is 3. The van der Waals surface area contributed by atoms with Crippen LogP contribution >= 0.6 is 0 Å². The van der Waals surface area contributed by atoms with Crippen molar-refractivity contribution in [1.29, 1.82) is 0 Å². The van der Waals surface area contributed by atoms with E-state index in [-0.39, 0.29) is 18.7 Å². The summed E-state index contributed by atoms with van der Waals surface area (Å²) in [5, 5.41) is 14.4. The third-order valence-electron chi connectivity index (χ3n) is 3.20. The molecular weight excluding hydrogens is 232 g/mol. The second-order valence-electron chi connectivity index (χ2n) is 4.94. The molecular formula is C13H26N2O3. The maximum atomic E-state index is 11.5. The number of carbonyl (C=O) groups excluding carboxylic acids is 1. The Morgan fingerprint density at radius 1 is 1.50 bits per heavy atom. The van der Waals surface area contributed by atoms with Gasteiger partial charge < -0.3 is 20.5 Å². The average molecular weight is 258 g/mol. The summed E-state index contributed by atoms with van der Waals surface area (Å²) in [7, 11) is 0. The van der Waals surface area contributed by atoms with Gasteiger partial charge in [0.05, 0.1) is 6.10 Å². The maximum absolute atomic E-state index is 11.5. The van der Waals surface area contributed by atoms with E-state index in [2.05, 4.69) is 10.6 Å². The second kappa shape index (κ2) is 9.16. The van der Waals surface area contributed by atoms with Crippen molar-refractivity contribution >= 4 is 6.03 Å². The SMILES string of the molecule is CC(CCCO)NC(=O)NCCC1CCCCO1. The van der Waals surface area contributed by atoms with Crippen LogP contribution in [-0.2, 0) is 4.74 Å². The Balaban J connectivity index is 2.01. The molecule has 18 heavy (non-hydrogen) atoms. The minimum Gasteiger partial charge on any atom is -0.396 e. The Labute approximate surface area is 109 Å². The highest BCUT2D eigenvalue weighted by molar-refractivity contribution is 5.74. The second-order valence-corrected chi connectivity index (χ2v) is 4.94. The smallest absolute Gasteiger partial charge is 0.314 e. The van der Waals surface area contributed by atoms with Gasteiger partial charge in [0, 0.05) is 25.8 Å². The molecule has 0 bridgehead atoms. The first-order valence-electron chi connectivity index (χ1n) is 6.99. The maximum Gasteiger partial charge on any atom is 0.314 e. The number of urea groups is 1. The lowest BCUT2D eigenvalue weighted by Crippen LogP contribution is -2.42. The first kappa shape index (κ1) is 15.2. The molecule has 2 unspecified atom stereocenters. The third-order valence-corrected chi connectivity index (χ3v) is 3.20. The summed E-state index contributed by atoms with van der Waals surface area (Å²) in [6.45, 7) is 3.63. The van der Waals surface area contributed by atoms with E-state index in [0.717, 1.165) is 38.7 Å². The van der Waals surface area contributed by atoms with Gasteiger partial charge in [-0.05, 0) is 45.4 Å². The molecule has 106 valence electrons. The molecule has 0 aromatic heterocycles. The lowest BCUT2D eigenvalue weighted by Gasteiger charge is -2.22. The van der Waals surface area contributed by atoms with Gasteiger partial charge in [-0.25, -0.2) is 4.79 Å². The van der Waals surface area contributed by atoms with Crippen LogP contribution in [0.4, 0.5) is 4.79 Å². The van der Waals surface area contributed by atoms with Gasteiger partial charge in [0.2, 0.25) is 0 Å². The van der Waals surface area contributed by atoms with E-state index in [1.165, 1.54) is 6.42 Å². The van der Waals surface area contributed by atoms with Gasteiger partial charge in [-0.2, -0.15) is 0 Å². The van der Waals surface area contributed by atoms with Gasteiger partial charge in [-0.15, -0.1) is 0 Å². The van der Waals surface area contributed by atoms with E-state index in [1.54, 1.807) is 0 Å². The molecule has 1 aliphatic heterocycles. The number of amides is 2. The molecule has 0 aromatic rings. The molecule has 1 fully saturated rings. The topological polar surface area (TPSA) is 70.6 Å². The van der Waals surface area contributed by atoms with E-state index in [0.29, 0.717) is 12.6 Å². The van der Waals surface area contributed by atoms with E-state index in [1.807, 2.05) is 6.92 Å². The number of hydrogen-bond donors (Lipinski definition) is 3. The van der Waals surface area contributed by atoms with Gasteiger partial charge in [-0.3, -0.25) is 0 Å². The summed E-state index contributed by atoms with van der Waals surface area (Å²) in [6.07, 6.45) is 6.22. The molecule has 1 heterocycles. The van der Waals surface area contributed by atoms with Gasteiger partial charge in [0.15, 0.2) is 0 Å². The minimum absolute atomic E-state index is 0.100. The van der Waals surface area contributed by atoms with E-state index in [9.17, 15) is 4.79 Å². The van der Waals surface area contributed by atoms with Crippen LogP contribution in [0.3, 0.4) is 0 Å². The fourth-order valence-electron chi connectivity index (χ4n) is 2.13. The quantitative estimate of drug-likeness (QED) is 0.646. The highest BCUT2D eigenvalue weighted by atomic mass is 16.5. The molecule has 0 aromatic carbocycles. The third kappa shape index (κ3) is 6.81. The summed E-state index contributed by atoms with van der Waals surface area (Å²) in [6, 6.07) is -0.0284. The Morgan fingerprint density at radius 3 is 3.00 bits per heavy atom. The Morgan fingerprint density at radius 2 is 2.33 bits per heavy atom. The summed E-state index contributed by atoms with van der Waals surface area (Å²) < 4.78 is 5.59. The predicted molar refractivity (Wildman–Crippen MR) is 70.5 cm³/mol. The zero-order valence-electron chi connectivity index (χ0n) is 11.3. The van der Waals surface area contributed by atoms with Crippen molar-refractivity contribution in [1.82, 2.24) is 10.6 Å². The van der Waals surface area contributed by atoms with Crippen LogP contribution in [0.5, 0.6) is 0 Å². The zero-order chi connectivity index (χ0) is 13.2. The Hall–Kier alpha value is -0.810. The molecule has 1 aliphatic rings. The standard InChI is InChI=1S/C13H26N2O3/c1-11(5-4-9-16)15-13(17)14-8-7-12-6-2-3-10-18-12/h11-12,16H,2-10H2,1H3,(H2,14,15,17). The minimum atomic E-state index is -0.128. The van der Waals surface area contributed by atoms with Gasteiger partial charge in [0.25, 0.3) is 0 Å². The van der Waals surface area contributed by atoms with Crippen LogP contribution in [0.2, 0.25) is 0 Å². The molecule has 0 radical (unpaired) electrons. The van der Waals surface area contributed by atoms with Crippen molar-refractivity contribution in [2.75, 3.05) is 19.8 Å². The molecule has 2 atom stereocenters. The summed E-state index contributed by atoms with van der Waals surface area (Å²) in [5.74, 6) is 0. The largest absolute Gasteiger partial charge is 0.396 e. The fraction of sp³-hybridized carbons (Fsp3) is 0.923. The highest BCUT2D eigenvalue weighted by Crippen LogP contribution is 2.14. The number of nitrogens with one attached hydrogen (secondary N) is 2. The van der Waals surface area contributed by atoms with Crippen LogP contribution in [0.25, 0.3) is 0 Å². The van der Waals surface area contributed by atoms with Crippen LogP contribution in [0, 0.1) is 0 Å². The van der Waals surface area contributed by atoms with Crippen molar-refractivity contribution < 1.29 is 14.6 Å². The van der Waals surface area contributed by atoms with Crippen LogP contribution in [-0.4, -0.2) is 43.0 Å². The lowest BCUT2D eigenvalue weighted by atomic mass is 10.1. The molecule has 1 rings (SSSR count). The van der Waals surface area contributed by atoms with Crippen LogP contribution in [0.15, 0.2) is 0 Å². The Bertz CT molecular complexity index is 230. The molecule has 5 nitrogen and oxygen atoms in total. The summed E-state index contributed by atoms with van der Waals surface area (Å²) >= 11 is 0. The van der Waals surface area contributed by atoms with Crippen molar-refractivity contribution in [3.05, 3.63) is 0 Å². The molecule has 0 saturated carbocycles. The van der Waals surface area contributed by atoms with E-state index < -0.39 is 0 Å². The number of carbonyl (C=O) groups is 1. The molecule has 1 saturated heterocycles. The normalized spacial score (nSPS) is 21.3. The highest BCUT2D eigenvalue weighted by Gasteiger charge is 2.14. The molecule has 0 spiro atoms. The molecule has 0 aliphatic carbocycles. The van der Waals surface area contributed by atoms with Gasteiger partial charge >= 0.3 is 6.03 Å². The number of ether oxygens (including phenoxy) is 1. The lowest BCUT2D eigenvalue weighted by molar-refractivity contribution is 0.0120. The van der Waals surface area contributed by atoms with Crippen molar-refractivity contribution in [2.45, 2.75) is 57.6 Å². The van der Waals surface area contributed by atoms with E-state index >= 15 is 0 Å². The van der Waals surface area contributed by atoms with Crippen LogP contribution in [0.1, 0.15) is 45.4 Å². The van der Waals surface area contributed by atoms with Crippen molar-refractivity contribution in [3.8, 4) is 0 Å². The molecule has 2 amide bonds. The van der Waals surface area contributed by atoms with Crippen molar-refractivity contribution in [2.24, 2.45) is 0 Å². The number of aliphatic hydroxyl groups excluding tert-OH is 1. The van der Waals surface area contributed by atoms with E-state index in [4.69, 9.17) is 9.84 Å². The molecule has 3 N–H and O–H groups in total. The number of aliphatic hydroxyl groups is 1. The average Bonchev–Trinajstić information content (AvgIpc) is 2.37. The van der Waals surface area contributed by atoms with Crippen LogP contribution < -0.4 is 10.6 Å². The Kier molecular flexibility index (Phi) is 7.76. The van der Waals surface area contributed by atoms with Crippen molar-refractivity contribution in [3.63, 3.8) is 0 Å². The fourth-order valence-corrected chi connectivity index (χ4v) is 2.13. The summed E-state index contributed by atoms with van der Waals surface area (Å²) in [5.41, 5.74) is 0.